The van der Waals surface area contributed by atoms with E-state index < -0.39 is 11.6 Å². The standard InChI is InChI=1S/C13H14N4O2/c1-6-4-8-9(5-7(6)2)17(3)11-10(14-8)12(18)16-13(19)15-11/h4-5,14H,1-3H3,(H2,15,16,18,19)/p-1. The zero-order valence-electron chi connectivity index (χ0n) is 10.9. The highest BCUT2D eigenvalue weighted by atomic mass is 16.3. The number of anilines is 4. The molecule has 2 N–H and O–H groups in total. The number of benzene rings is 1. The Morgan fingerprint density at radius 1 is 1.26 bits per heavy atom. The number of hydrogen-bond acceptors (Lipinski definition) is 5. The zero-order chi connectivity index (χ0) is 13.7. The maximum atomic E-state index is 11.8. The van der Waals surface area contributed by atoms with Crippen LogP contribution in [0.15, 0.2) is 16.9 Å². The molecule has 0 bridgehead atoms. The Morgan fingerprint density at radius 2 is 1.95 bits per heavy atom. The molecule has 0 spiro atoms. The summed E-state index contributed by atoms with van der Waals surface area (Å²) in [5.41, 5.74) is 3.86. The van der Waals surface area contributed by atoms with E-state index in [-0.39, 0.29) is 0 Å². The Labute approximate surface area is 109 Å². The van der Waals surface area contributed by atoms with Crippen LogP contribution >= 0.6 is 0 Å². The molecule has 1 aromatic heterocycles. The summed E-state index contributed by atoms with van der Waals surface area (Å²) in [6.45, 7) is 4.03. The molecule has 1 aliphatic rings. The van der Waals surface area contributed by atoms with Crippen molar-refractivity contribution >= 4 is 22.9 Å². The maximum Gasteiger partial charge on any atom is 0.276 e. The minimum absolute atomic E-state index is 0.304. The van der Waals surface area contributed by atoms with Gasteiger partial charge in [-0.2, -0.15) is 0 Å². The van der Waals surface area contributed by atoms with Gasteiger partial charge in [0, 0.05) is 7.05 Å². The van der Waals surface area contributed by atoms with Gasteiger partial charge in [-0.05, 0) is 37.1 Å². The Balaban J connectivity index is 2.25. The number of aryl methyl sites for hydroxylation is 2. The zero-order valence-corrected chi connectivity index (χ0v) is 10.9. The number of nitrogens with one attached hydrogen (secondary N) is 2. The second kappa shape index (κ2) is 3.74. The van der Waals surface area contributed by atoms with Crippen LogP contribution in [0.5, 0.6) is 6.01 Å². The average molecular weight is 257 g/mol. The first-order chi connectivity index (χ1) is 8.97. The first kappa shape index (κ1) is 11.6. The molecular formula is C13H13N4O2-. The number of H-pyrrole nitrogens is 1. The SMILES string of the molecule is Cc1cc2c(cc1C)N(C)c1nc([O-])[nH]c(=O)c1N2. The lowest BCUT2D eigenvalue weighted by Gasteiger charge is -2.30. The van der Waals surface area contributed by atoms with Gasteiger partial charge < -0.3 is 20.3 Å². The van der Waals surface area contributed by atoms with Gasteiger partial charge in [0.1, 0.15) is 5.69 Å². The van der Waals surface area contributed by atoms with Crippen LogP contribution in [0.1, 0.15) is 11.1 Å². The number of rotatable bonds is 0. The van der Waals surface area contributed by atoms with Crippen LogP contribution in [0.2, 0.25) is 0 Å². The predicted octanol–water partition coefficient (Wildman–Crippen LogP) is 1.29. The number of hydrogen-bond donors (Lipinski definition) is 2. The smallest absolute Gasteiger partial charge is 0.276 e. The molecule has 2 aromatic rings. The molecule has 98 valence electrons. The number of aromatic nitrogens is 2. The van der Waals surface area contributed by atoms with Crippen LogP contribution < -0.4 is 20.9 Å². The van der Waals surface area contributed by atoms with Crippen molar-refractivity contribution in [2.75, 3.05) is 17.3 Å². The molecule has 6 heteroatoms. The third kappa shape index (κ3) is 1.64. The molecule has 0 radical (unpaired) electrons. The van der Waals surface area contributed by atoms with E-state index in [1.54, 1.807) is 11.9 Å². The van der Waals surface area contributed by atoms with E-state index in [1.807, 2.05) is 26.0 Å². The molecule has 19 heavy (non-hydrogen) atoms. The maximum absolute atomic E-state index is 11.8. The molecule has 0 saturated carbocycles. The lowest BCUT2D eigenvalue weighted by molar-refractivity contribution is -0.281. The van der Waals surface area contributed by atoms with Crippen molar-refractivity contribution in [2.24, 2.45) is 0 Å². The molecule has 3 rings (SSSR count). The fourth-order valence-electron chi connectivity index (χ4n) is 2.22. The first-order valence-electron chi connectivity index (χ1n) is 5.90. The molecule has 2 heterocycles. The quantitative estimate of drug-likeness (QED) is 0.742. The summed E-state index contributed by atoms with van der Waals surface area (Å²) in [5.74, 6) is 0.351. The van der Waals surface area contributed by atoms with Gasteiger partial charge >= 0.3 is 0 Å². The molecule has 0 saturated heterocycles. The van der Waals surface area contributed by atoms with E-state index in [2.05, 4.69) is 15.3 Å². The molecule has 0 unspecified atom stereocenters. The molecule has 0 amide bonds. The van der Waals surface area contributed by atoms with Gasteiger partial charge in [0.2, 0.25) is 0 Å². The lowest BCUT2D eigenvalue weighted by Crippen LogP contribution is -2.26. The number of nitrogens with zero attached hydrogens (tertiary/aromatic N) is 2. The summed E-state index contributed by atoms with van der Waals surface area (Å²) >= 11 is 0. The highest BCUT2D eigenvalue weighted by Crippen LogP contribution is 2.41. The van der Waals surface area contributed by atoms with E-state index >= 15 is 0 Å². The van der Waals surface area contributed by atoms with Gasteiger partial charge in [-0.3, -0.25) is 4.79 Å². The summed E-state index contributed by atoms with van der Waals surface area (Å²) in [6, 6.07) is 3.35. The van der Waals surface area contributed by atoms with E-state index in [4.69, 9.17) is 0 Å². The van der Waals surface area contributed by atoms with Gasteiger partial charge in [-0.25, -0.2) is 4.98 Å². The van der Waals surface area contributed by atoms with Crippen molar-refractivity contribution < 1.29 is 5.11 Å². The minimum atomic E-state index is -0.635. The molecule has 0 aliphatic carbocycles. The van der Waals surface area contributed by atoms with E-state index in [0.717, 1.165) is 22.5 Å². The first-order valence-corrected chi connectivity index (χ1v) is 5.90. The monoisotopic (exact) mass is 257 g/mol. The van der Waals surface area contributed by atoms with Crippen molar-refractivity contribution in [1.82, 2.24) is 9.97 Å². The largest absolute Gasteiger partial charge is 0.846 e. The fraction of sp³-hybridized carbons (Fsp3) is 0.231. The average Bonchev–Trinajstić information content (AvgIpc) is 2.34. The normalized spacial score (nSPS) is 12.7. The predicted molar refractivity (Wildman–Crippen MR) is 71.6 cm³/mol. The van der Waals surface area contributed by atoms with Crippen molar-refractivity contribution in [2.45, 2.75) is 13.8 Å². The van der Waals surface area contributed by atoms with Crippen LogP contribution in [-0.4, -0.2) is 17.0 Å². The summed E-state index contributed by atoms with van der Waals surface area (Å²) in [5, 5.41) is 14.4. The summed E-state index contributed by atoms with van der Waals surface area (Å²) < 4.78 is 0. The van der Waals surface area contributed by atoms with Crippen molar-refractivity contribution in [3.63, 3.8) is 0 Å². The molecule has 0 atom stereocenters. The summed E-state index contributed by atoms with van der Waals surface area (Å²) in [7, 11) is 1.79. The van der Waals surface area contributed by atoms with E-state index in [0.29, 0.717) is 11.5 Å². The van der Waals surface area contributed by atoms with Gasteiger partial charge in [0.15, 0.2) is 5.82 Å². The van der Waals surface area contributed by atoms with Gasteiger partial charge in [-0.1, -0.05) is 0 Å². The second-order valence-corrected chi connectivity index (χ2v) is 4.71. The Hall–Kier alpha value is -2.50. The molecule has 6 nitrogen and oxygen atoms in total. The molecule has 1 aliphatic heterocycles. The fourth-order valence-corrected chi connectivity index (χ4v) is 2.22. The van der Waals surface area contributed by atoms with Crippen LogP contribution in [-0.2, 0) is 0 Å². The molecule has 1 aromatic carbocycles. The van der Waals surface area contributed by atoms with Gasteiger partial charge in [0.25, 0.3) is 5.56 Å². The lowest BCUT2D eigenvalue weighted by atomic mass is 10.1. The van der Waals surface area contributed by atoms with Gasteiger partial charge in [-0.15, -0.1) is 0 Å². The van der Waals surface area contributed by atoms with Crippen LogP contribution in [0.4, 0.5) is 22.9 Å². The third-order valence-corrected chi connectivity index (χ3v) is 3.43. The number of aromatic amines is 1. The Kier molecular flexibility index (Phi) is 2.28. The minimum Gasteiger partial charge on any atom is -0.846 e. The van der Waals surface area contributed by atoms with Crippen molar-refractivity contribution in [3.05, 3.63) is 33.6 Å². The molecule has 0 fully saturated rings. The second-order valence-electron chi connectivity index (χ2n) is 4.71. The number of fused-ring (bicyclic) bond motifs is 2. The van der Waals surface area contributed by atoms with Crippen LogP contribution in [0.3, 0.4) is 0 Å². The van der Waals surface area contributed by atoms with E-state index in [9.17, 15) is 9.90 Å². The topological polar surface area (TPSA) is 84.1 Å². The van der Waals surface area contributed by atoms with E-state index in [1.165, 1.54) is 0 Å². The Morgan fingerprint density at radius 3 is 2.68 bits per heavy atom. The van der Waals surface area contributed by atoms with Crippen LogP contribution in [0, 0.1) is 13.8 Å². The van der Waals surface area contributed by atoms with Crippen LogP contribution in [0.25, 0.3) is 0 Å². The van der Waals surface area contributed by atoms with Gasteiger partial charge in [0.05, 0.1) is 17.4 Å². The highest BCUT2D eigenvalue weighted by Gasteiger charge is 2.23. The molecular weight excluding hydrogens is 244 g/mol. The highest BCUT2D eigenvalue weighted by molar-refractivity contribution is 5.89. The Bertz CT molecular complexity index is 736. The summed E-state index contributed by atoms with van der Waals surface area (Å²) in [4.78, 5) is 19.6. The third-order valence-electron chi connectivity index (χ3n) is 3.43. The summed E-state index contributed by atoms with van der Waals surface area (Å²) in [6.07, 6.45) is 0. The van der Waals surface area contributed by atoms with Crippen molar-refractivity contribution in [3.8, 4) is 6.01 Å². The van der Waals surface area contributed by atoms with Crippen molar-refractivity contribution in [1.29, 1.82) is 0 Å².